The topological polar surface area (TPSA) is 54.0 Å². The third kappa shape index (κ3) is 4.32. The molecule has 3 atom stereocenters. The maximum absolute atomic E-state index is 12.6. The van der Waals surface area contributed by atoms with Crippen molar-refractivity contribution < 1.29 is 23.6 Å². The van der Waals surface area contributed by atoms with E-state index in [-0.39, 0.29) is 23.6 Å². The van der Waals surface area contributed by atoms with E-state index >= 15 is 0 Å². The lowest BCUT2D eigenvalue weighted by molar-refractivity contribution is -0.146. The molecule has 0 bridgehead atoms. The number of ether oxygens (including phenoxy) is 2. The van der Waals surface area contributed by atoms with Crippen LogP contribution in [0.25, 0.3) is 0 Å². The third-order valence-corrected chi connectivity index (χ3v) is 5.69. The van der Waals surface area contributed by atoms with Crippen LogP contribution in [0, 0.1) is 11.8 Å². The largest absolute Gasteiger partial charge is 0.603 e. The number of rotatable bonds is 6. The molecule has 0 saturated heterocycles. The Morgan fingerprint density at radius 3 is 2.38 bits per heavy atom. The zero-order valence-corrected chi connectivity index (χ0v) is 16.7. The van der Waals surface area contributed by atoms with Crippen LogP contribution in [0.1, 0.15) is 18.9 Å². The van der Waals surface area contributed by atoms with Gasteiger partial charge in [-0.1, -0.05) is 54.1 Å². The summed E-state index contributed by atoms with van der Waals surface area (Å²) in [5, 5.41) is 0. The zero-order chi connectivity index (χ0) is 20.2. The molecule has 0 N–H and O–H groups in total. The highest BCUT2D eigenvalue weighted by Gasteiger charge is 2.48. The second kappa shape index (κ2) is 8.74. The molecule has 29 heavy (non-hydrogen) atoms. The molecule has 0 fully saturated rings. The second-order valence-corrected chi connectivity index (χ2v) is 7.60. The molecular formula is C23H25BO5. The van der Waals surface area contributed by atoms with Crippen molar-refractivity contribution in [3.05, 3.63) is 71.8 Å². The maximum atomic E-state index is 12.6. The van der Waals surface area contributed by atoms with E-state index in [0.29, 0.717) is 31.1 Å². The average molecular weight is 392 g/mol. The molecule has 1 heterocycles. The van der Waals surface area contributed by atoms with E-state index in [1.807, 2.05) is 54.6 Å². The number of esters is 1. The molecule has 0 spiro atoms. The highest BCUT2D eigenvalue weighted by Crippen LogP contribution is 2.44. The van der Waals surface area contributed by atoms with Crippen molar-refractivity contribution in [1.82, 2.24) is 0 Å². The van der Waals surface area contributed by atoms with Gasteiger partial charge in [0.05, 0.1) is 32.1 Å². The van der Waals surface area contributed by atoms with Gasteiger partial charge < -0.3 is 18.8 Å². The molecule has 4 rings (SSSR count). The Labute approximate surface area is 171 Å². The normalized spacial score (nSPS) is 22.9. The molecule has 1 aliphatic heterocycles. The van der Waals surface area contributed by atoms with Crippen molar-refractivity contribution in [2.75, 3.05) is 13.7 Å². The number of fused-ring (bicyclic) bond motifs is 1. The summed E-state index contributed by atoms with van der Waals surface area (Å²) in [7, 11) is 0.897. The number of hydrogen-bond acceptors (Lipinski definition) is 5. The van der Waals surface area contributed by atoms with Gasteiger partial charge in [-0.05, 0) is 31.0 Å². The number of benzene rings is 2. The predicted octanol–water partition coefficient (Wildman–Crippen LogP) is 4.29. The van der Waals surface area contributed by atoms with Crippen molar-refractivity contribution in [3.63, 3.8) is 0 Å². The first kappa shape index (κ1) is 19.6. The van der Waals surface area contributed by atoms with Crippen molar-refractivity contribution in [3.8, 4) is 11.5 Å². The predicted molar refractivity (Wildman–Crippen MR) is 111 cm³/mol. The van der Waals surface area contributed by atoms with Crippen LogP contribution in [0.5, 0.6) is 11.5 Å². The van der Waals surface area contributed by atoms with E-state index in [9.17, 15) is 4.79 Å². The first-order valence-corrected chi connectivity index (χ1v) is 9.96. The molecule has 2 aromatic rings. The third-order valence-electron chi connectivity index (χ3n) is 5.69. The molecule has 1 aliphatic carbocycles. The van der Waals surface area contributed by atoms with Gasteiger partial charge in [-0.3, -0.25) is 4.79 Å². The van der Waals surface area contributed by atoms with Crippen molar-refractivity contribution in [2.45, 2.75) is 25.8 Å². The molecule has 6 heteroatoms. The van der Waals surface area contributed by atoms with E-state index < -0.39 is 7.12 Å². The number of carbonyl (C=O) groups is 1. The average Bonchev–Trinajstić information content (AvgIpc) is 3.19. The fourth-order valence-corrected chi connectivity index (χ4v) is 4.05. The van der Waals surface area contributed by atoms with Gasteiger partial charge in [0.2, 0.25) is 0 Å². The Morgan fingerprint density at radius 1 is 1.07 bits per heavy atom. The SMILES string of the molecule is COC(=O)C1C[C@H](COCc2ccccc2)C(C)=C[C@@H]1B1Oc2ccccc2O1. The quantitative estimate of drug-likeness (QED) is 0.417. The minimum absolute atomic E-state index is 0.155. The van der Waals surface area contributed by atoms with Crippen LogP contribution in [0.2, 0.25) is 5.82 Å². The number of hydrogen-bond donors (Lipinski definition) is 0. The minimum atomic E-state index is -0.530. The van der Waals surface area contributed by atoms with Gasteiger partial charge in [0.25, 0.3) is 0 Å². The molecule has 2 aliphatic rings. The summed E-state index contributed by atoms with van der Waals surface area (Å²) in [6, 6.07) is 17.7. The highest BCUT2D eigenvalue weighted by atomic mass is 16.6. The smallest absolute Gasteiger partial charge is 0.523 e. The molecule has 150 valence electrons. The van der Waals surface area contributed by atoms with Gasteiger partial charge in [-0.15, -0.1) is 0 Å². The maximum Gasteiger partial charge on any atom is 0.603 e. The summed E-state index contributed by atoms with van der Waals surface area (Å²) >= 11 is 0. The van der Waals surface area contributed by atoms with Crippen molar-refractivity contribution in [2.24, 2.45) is 11.8 Å². The summed E-state index contributed by atoms with van der Waals surface area (Å²) in [4.78, 5) is 12.6. The number of para-hydroxylation sites is 2. The zero-order valence-electron chi connectivity index (χ0n) is 16.7. The molecule has 5 nitrogen and oxygen atoms in total. The fraction of sp³-hybridized carbons (Fsp3) is 0.348. The molecular weight excluding hydrogens is 367 g/mol. The van der Waals surface area contributed by atoms with Gasteiger partial charge in [0.15, 0.2) is 0 Å². The molecule has 2 aromatic carbocycles. The number of allylic oxidation sites excluding steroid dienone is 1. The molecule has 0 amide bonds. The van der Waals surface area contributed by atoms with E-state index in [2.05, 4.69) is 13.0 Å². The molecule has 0 saturated carbocycles. The first-order chi connectivity index (χ1) is 14.2. The van der Waals surface area contributed by atoms with E-state index in [1.54, 1.807) is 0 Å². The standard InChI is InChI=1S/C23H25BO5/c1-16-12-20(24-28-21-10-6-7-11-22(21)29-24)19(23(25)26-2)13-18(16)15-27-14-17-8-4-3-5-9-17/h3-12,18-20H,13-15H2,1-2H3/t18-,19?,20+/m1/s1. The van der Waals surface area contributed by atoms with E-state index in [4.69, 9.17) is 18.8 Å². The molecule has 0 aromatic heterocycles. The van der Waals surface area contributed by atoms with Crippen LogP contribution in [-0.2, 0) is 20.9 Å². The van der Waals surface area contributed by atoms with E-state index in [1.165, 1.54) is 12.7 Å². The Balaban J connectivity index is 1.45. The second-order valence-electron chi connectivity index (χ2n) is 7.60. The van der Waals surface area contributed by atoms with Gasteiger partial charge in [0, 0.05) is 5.92 Å². The summed E-state index contributed by atoms with van der Waals surface area (Å²) < 4.78 is 23.0. The summed E-state index contributed by atoms with van der Waals surface area (Å²) in [5.74, 6) is 0.785. The van der Waals surface area contributed by atoms with Crippen LogP contribution in [0.3, 0.4) is 0 Å². The number of carbonyl (C=O) groups excluding carboxylic acids is 1. The van der Waals surface area contributed by atoms with Gasteiger partial charge in [0.1, 0.15) is 11.5 Å². The Bertz CT molecular complexity index is 857. The first-order valence-electron chi connectivity index (χ1n) is 9.96. The lowest BCUT2D eigenvalue weighted by Gasteiger charge is -2.33. The van der Waals surface area contributed by atoms with Crippen LogP contribution in [0.15, 0.2) is 66.2 Å². The van der Waals surface area contributed by atoms with Gasteiger partial charge >= 0.3 is 13.1 Å². The minimum Gasteiger partial charge on any atom is -0.523 e. The summed E-state index contributed by atoms with van der Waals surface area (Å²) in [5.41, 5.74) is 2.32. The van der Waals surface area contributed by atoms with Gasteiger partial charge in [-0.25, -0.2) is 0 Å². The fourth-order valence-electron chi connectivity index (χ4n) is 4.05. The lowest BCUT2D eigenvalue weighted by Crippen LogP contribution is -2.41. The van der Waals surface area contributed by atoms with Crippen LogP contribution >= 0.6 is 0 Å². The Morgan fingerprint density at radius 2 is 1.72 bits per heavy atom. The van der Waals surface area contributed by atoms with Gasteiger partial charge in [-0.2, -0.15) is 0 Å². The summed E-state index contributed by atoms with van der Waals surface area (Å²) in [6.45, 7) is 3.20. The Kier molecular flexibility index (Phi) is 5.90. The van der Waals surface area contributed by atoms with E-state index in [0.717, 1.165) is 5.56 Å². The van der Waals surface area contributed by atoms with Crippen LogP contribution in [-0.4, -0.2) is 26.8 Å². The van der Waals surface area contributed by atoms with Crippen molar-refractivity contribution >= 4 is 13.1 Å². The highest BCUT2D eigenvalue weighted by molar-refractivity contribution is 6.50. The Hall–Kier alpha value is -2.73. The molecule has 1 unspecified atom stereocenters. The van der Waals surface area contributed by atoms with Crippen molar-refractivity contribution in [1.29, 1.82) is 0 Å². The monoisotopic (exact) mass is 392 g/mol. The number of methoxy groups -OCH3 is 1. The van der Waals surface area contributed by atoms with Crippen LogP contribution < -0.4 is 9.31 Å². The summed E-state index contributed by atoms with van der Waals surface area (Å²) in [6.07, 6.45) is 2.74. The lowest BCUT2D eigenvalue weighted by atomic mass is 9.59. The molecule has 0 radical (unpaired) electrons. The van der Waals surface area contributed by atoms with Crippen LogP contribution in [0.4, 0.5) is 0 Å².